The summed E-state index contributed by atoms with van der Waals surface area (Å²) in [6.45, 7) is 4.29. The lowest BCUT2D eigenvalue weighted by Crippen LogP contribution is -2.47. The maximum atomic E-state index is 13.1. The van der Waals surface area contributed by atoms with Crippen LogP contribution in [0.25, 0.3) is 0 Å². The van der Waals surface area contributed by atoms with E-state index in [9.17, 15) is 13.6 Å². The van der Waals surface area contributed by atoms with Crippen LogP contribution in [0.15, 0.2) is 18.2 Å². The summed E-state index contributed by atoms with van der Waals surface area (Å²) in [7, 11) is 1.87. The van der Waals surface area contributed by atoms with Gasteiger partial charge >= 0.3 is 0 Å². The molecule has 1 aliphatic rings. The summed E-state index contributed by atoms with van der Waals surface area (Å²) in [6.07, 6.45) is 0.445. The van der Waals surface area contributed by atoms with Gasteiger partial charge in [-0.05, 0) is 24.7 Å². The first-order valence-corrected chi connectivity index (χ1v) is 7.17. The van der Waals surface area contributed by atoms with Gasteiger partial charge in [0.2, 0.25) is 5.91 Å². The molecule has 124 valence electrons. The van der Waals surface area contributed by atoms with Gasteiger partial charge in [0.05, 0.1) is 0 Å². The number of carbonyl (C=O) groups is 1. The molecule has 0 spiro atoms. The van der Waals surface area contributed by atoms with Gasteiger partial charge in [0.1, 0.15) is 0 Å². The van der Waals surface area contributed by atoms with Crippen molar-refractivity contribution in [3.05, 3.63) is 35.4 Å². The number of nitrogens with one attached hydrogen (secondary N) is 1. The maximum absolute atomic E-state index is 13.1. The highest BCUT2D eigenvalue weighted by Gasteiger charge is 2.16. The Balaban J connectivity index is 0.00000242. The Morgan fingerprint density at radius 1 is 1.27 bits per heavy atom. The van der Waals surface area contributed by atoms with E-state index in [0.717, 1.165) is 32.2 Å². The van der Waals surface area contributed by atoms with Crippen molar-refractivity contribution in [2.75, 3.05) is 39.8 Å². The summed E-state index contributed by atoms with van der Waals surface area (Å²) in [5, 5.41) is 3.21. The molecule has 7 heteroatoms. The Morgan fingerprint density at radius 2 is 1.95 bits per heavy atom. The van der Waals surface area contributed by atoms with Crippen LogP contribution in [0.4, 0.5) is 8.78 Å². The lowest BCUT2D eigenvalue weighted by molar-refractivity contribution is -0.132. The molecule has 0 aliphatic carbocycles. The number of hydrogen-bond donors (Lipinski definition) is 1. The lowest BCUT2D eigenvalue weighted by atomic mass is 10.2. The zero-order chi connectivity index (χ0) is 15.2. The van der Waals surface area contributed by atoms with Crippen LogP contribution >= 0.6 is 12.4 Å². The van der Waals surface area contributed by atoms with E-state index in [1.165, 1.54) is 6.07 Å². The van der Waals surface area contributed by atoms with Gasteiger partial charge in [-0.15, -0.1) is 12.4 Å². The van der Waals surface area contributed by atoms with E-state index >= 15 is 0 Å². The molecule has 1 amide bonds. The molecule has 1 heterocycles. The second-order valence-corrected chi connectivity index (χ2v) is 5.37. The summed E-state index contributed by atoms with van der Waals surface area (Å²) in [5.74, 6) is -1.53. The van der Waals surface area contributed by atoms with Crippen molar-refractivity contribution < 1.29 is 13.6 Å². The second-order valence-electron chi connectivity index (χ2n) is 5.37. The number of piperazine rings is 1. The number of halogens is 3. The molecule has 4 nitrogen and oxygen atoms in total. The summed E-state index contributed by atoms with van der Waals surface area (Å²) in [4.78, 5) is 15.8. The molecule has 0 aromatic heterocycles. The maximum Gasteiger partial charge on any atom is 0.223 e. The molecule has 0 unspecified atom stereocenters. The van der Waals surface area contributed by atoms with Crippen LogP contribution in [-0.2, 0) is 11.3 Å². The molecule has 0 saturated carbocycles. The van der Waals surface area contributed by atoms with Crippen LogP contribution in [-0.4, -0.2) is 55.5 Å². The molecule has 1 saturated heterocycles. The van der Waals surface area contributed by atoms with Gasteiger partial charge < -0.3 is 15.1 Å². The molecule has 1 aromatic rings. The van der Waals surface area contributed by atoms with Gasteiger partial charge in [-0.2, -0.15) is 0 Å². The Morgan fingerprint density at radius 3 is 2.59 bits per heavy atom. The van der Waals surface area contributed by atoms with E-state index in [4.69, 9.17) is 0 Å². The van der Waals surface area contributed by atoms with Gasteiger partial charge in [-0.25, -0.2) is 8.78 Å². The first-order chi connectivity index (χ1) is 10.1. The molecule has 0 radical (unpaired) electrons. The molecule has 1 aromatic carbocycles. The molecule has 1 N–H and O–H groups in total. The summed E-state index contributed by atoms with van der Waals surface area (Å²) in [5.41, 5.74) is 0.700. The van der Waals surface area contributed by atoms with E-state index in [1.807, 2.05) is 16.8 Å². The number of hydrogen-bond acceptors (Lipinski definition) is 3. The standard InChI is InChI=1S/C15H21F2N3O.ClH/c1-19(11-12-2-3-13(16)14(17)10-12)7-4-15(21)20-8-5-18-6-9-20;/h2-3,10,18H,4-9,11H2,1H3;1H. The molecule has 0 atom stereocenters. The largest absolute Gasteiger partial charge is 0.340 e. The smallest absolute Gasteiger partial charge is 0.223 e. The Bertz CT molecular complexity index is 496. The van der Waals surface area contributed by atoms with Gasteiger partial charge in [0.15, 0.2) is 11.6 Å². The fourth-order valence-electron chi connectivity index (χ4n) is 2.39. The van der Waals surface area contributed by atoms with Crippen LogP contribution in [0.3, 0.4) is 0 Å². The van der Waals surface area contributed by atoms with E-state index in [-0.39, 0.29) is 18.3 Å². The fraction of sp³-hybridized carbons (Fsp3) is 0.533. The van der Waals surface area contributed by atoms with Crippen LogP contribution in [0.1, 0.15) is 12.0 Å². The quantitative estimate of drug-likeness (QED) is 0.890. The molecule has 22 heavy (non-hydrogen) atoms. The monoisotopic (exact) mass is 333 g/mol. The van der Waals surface area contributed by atoms with Crippen molar-refractivity contribution in [1.29, 1.82) is 0 Å². The van der Waals surface area contributed by atoms with Gasteiger partial charge in [-0.3, -0.25) is 4.79 Å². The lowest BCUT2D eigenvalue weighted by Gasteiger charge is -2.28. The molecular weight excluding hydrogens is 312 g/mol. The fourth-order valence-corrected chi connectivity index (χ4v) is 2.39. The zero-order valence-electron chi connectivity index (χ0n) is 12.6. The normalized spacial score (nSPS) is 14.8. The third-order valence-electron chi connectivity index (χ3n) is 3.61. The van der Waals surface area contributed by atoms with E-state index < -0.39 is 11.6 Å². The number of rotatable bonds is 5. The van der Waals surface area contributed by atoms with E-state index in [0.29, 0.717) is 25.1 Å². The zero-order valence-corrected chi connectivity index (χ0v) is 13.5. The third-order valence-corrected chi connectivity index (χ3v) is 3.61. The summed E-state index contributed by atoms with van der Waals surface area (Å²) < 4.78 is 26.0. The average molecular weight is 334 g/mol. The topological polar surface area (TPSA) is 35.6 Å². The summed E-state index contributed by atoms with van der Waals surface area (Å²) in [6, 6.07) is 3.89. The number of benzene rings is 1. The first kappa shape index (κ1) is 18.8. The highest BCUT2D eigenvalue weighted by molar-refractivity contribution is 5.85. The third kappa shape index (κ3) is 5.51. The highest BCUT2D eigenvalue weighted by atomic mass is 35.5. The minimum atomic E-state index is -0.838. The number of nitrogens with zero attached hydrogens (tertiary/aromatic N) is 2. The van der Waals surface area contributed by atoms with Gasteiger partial charge in [0, 0.05) is 45.7 Å². The van der Waals surface area contributed by atoms with Crippen LogP contribution < -0.4 is 5.32 Å². The van der Waals surface area contributed by atoms with Crippen molar-refractivity contribution in [3.8, 4) is 0 Å². The molecule has 0 bridgehead atoms. The van der Waals surface area contributed by atoms with Crippen molar-refractivity contribution >= 4 is 18.3 Å². The van der Waals surface area contributed by atoms with Gasteiger partial charge in [-0.1, -0.05) is 6.07 Å². The molecule has 1 aliphatic heterocycles. The molecular formula is C15H22ClF2N3O. The van der Waals surface area contributed by atoms with Crippen LogP contribution in [0.2, 0.25) is 0 Å². The minimum absolute atomic E-state index is 0. The van der Waals surface area contributed by atoms with Crippen molar-refractivity contribution in [2.24, 2.45) is 0 Å². The van der Waals surface area contributed by atoms with Crippen molar-refractivity contribution in [3.63, 3.8) is 0 Å². The predicted molar refractivity (Wildman–Crippen MR) is 84.0 cm³/mol. The Kier molecular flexibility index (Phi) is 7.72. The Hall–Kier alpha value is -1.24. The average Bonchev–Trinajstić information content (AvgIpc) is 2.49. The molecule has 1 fully saturated rings. The highest BCUT2D eigenvalue weighted by Crippen LogP contribution is 2.10. The van der Waals surface area contributed by atoms with E-state index in [1.54, 1.807) is 6.07 Å². The SMILES string of the molecule is CN(CCC(=O)N1CCNCC1)Cc1ccc(F)c(F)c1.Cl. The molecule has 2 rings (SSSR count). The minimum Gasteiger partial charge on any atom is -0.340 e. The van der Waals surface area contributed by atoms with Crippen molar-refractivity contribution in [1.82, 2.24) is 15.1 Å². The van der Waals surface area contributed by atoms with E-state index in [2.05, 4.69) is 5.32 Å². The second kappa shape index (κ2) is 9.02. The van der Waals surface area contributed by atoms with Gasteiger partial charge in [0.25, 0.3) is 0 Å². The number of amides is 1. The predicted octanol–water partition coefficient (Wildman–Crippen LogP) is 1.64. The Labute approximate surface area is 135 Å². The first-order valence-electron chi connectivity index (χ1n) is 7.17. The van der Waals surface area contributed by atoms with Crippen LogP contribution in [0.5, 0.6) is 0 Å². The summed E-state index contributed by atoms with van der Waals surface area (Å²) >= 11 is 0. The van der Waals surface area contributed by atoms with Crippen LogP contribution in [0, 0.1) is 11.6 Å². The van der Waals surface area contributed by atoms with Crippen molar-refractivity contribution in [2.45, 2.75) is 13.0 Å². The number of carbonyl (C=O) groups excluding carboxylic acids is 1.